The van der Waals surface area contributed by atoms with E-state index in [2.05, 4.69) is 15.4 Å². The average molecular weight is 421 g/mol. The summed E-state index contributed by atoms with van der Waals surface area (Å²) in [5, 5.41) is 28.6. The van der Waals surface area contributed by atoms with E-state index in [1.807, 2.05) is 20.8 Å². The molecular formula is C20H25F2N5O3. The molecule has 8 nitrogen and oxygen atoms in total. The van der Waals surface area contributed by atoms with Gasteiger partial charge in [0.05, 0.1) is 24.5 Å². The van der Waals surface area contributed by atoms with E-state index < -0.39 is 35.1 Å². The van der Waals surface area contributed by atoms with E-state index in [0.29, 0.717) is 16.0 Å². The molecule has 3 atom stereocenters. The molecule has 2 aromatic heterocycles. The maximum atomic E-state index is 14.5. The summed E-state index contributed by atoms with van der Waals surface area (Å²) in [6.07, 6.45) is 3.81. The molecule has 2 aliphatic rings. The molecule has 1 saturated carbocycles. The van der Waals surface area contributed by atoms with Crippen LogP contribution in [0.4, 0.5) is 8.78 Å². The van der Waals surface area contributed by atoms with Gasteiger partial charge in [0.2, 0.25) is 12.0 Å². The summed E-state index contributed by atoms with van der Waals surface area (Å²) in [5.41, 5.74) is 0.628. The number of nitrogens with zero attached hydrogens (tertiary/aromatic N) is 4. The fraction of sp³-hybridized carbons (Fsp3) is 0.600. The molecule has 0 bridgehead atoms. The molecule has 10 heteroatoms. The normalized spacial score (nSPS) is 23.1. The lowest BCUT2D eigenvalue weighted by Crippen LogP contribution is -2.46. The molecule has 2 aromatic rings. The molecule has 2 N–H and O–H groups in total. The third kappa shape index (κ3) is 3.32. The Morgan fingerprint density at radius 2 is 2.23 bits per heavy atom. The van der Waals surface area contributed by atoms with Crippen LogP contribution in [0.1, 0.15) is 61.3 Å². The number of carbonyl (C=O) groups excluding carboxylic acids is 1. The van der Waals surface area contributed by atoms with Crippen molar-refractivity contribution in [2.45, 2.75) is 57.9 Å². The van der Waals surface area contributed by atoms with Gasteiger partial charge < -0.3 is 15.6 Å². The van der Waals surface area contributed by atoms with E-state index in [1.54, 1.807) is 0 Å². The van der Waals surface area contributed by atoms with Crippen LogP contribution < -0.4 is 10.0 Å². The highest BCUT2D eigenvalue weighted by Crippen LogP contribution is 2.56. The van der Waals surface area contributed by atoms with Crippen LogP contribution in [0.5, 0.6) is 0 Å². The second-order valence-corrected chi connectivity index (χ2v) is 9.19. The molecule has 30 heavy (non-hydrogen) atoms. The zero-order valence-electron chi connectivity index (χ0n) is 17.1. The summed E-state index contributed by atoms with van der Waals surface area (Å²) in [6, 6.07) is -0.535. The number of fused-ring (bicyclic) bond motifs is 3. The van der Waals surface area contributed by atoms with Crippen LogP contribution in [0.3, 0.4) is 0 Å². The number of hydrogen-bond donors (Lipinski definition) is 2. The largest absolute Gasteiger partial charge is 0.619 e. The minimum absolute atomic E-state index is 0.0409. The smallest absolute Gasteiger partial charge is 0.272 e. The first kappa shape index (κ1) is 20.6. The summed E-state index contributed by atoms with van der Waals surface area (Å²) in [7, 11) is 0. The van der Waals surface area contributed by atoms with Crippen LogP contribution in [0.2, 0.25) is 0 Å². The van der Waals surface area contributed by atoms with Gasteiger partial charge in [-0.15, -0.1) is 0 Å². The predicted molar refractivity (Wildman–Crippen MR) is 102 cm³/mol. The first-order chi connectivity index (χ1) is 14.0. The molecule has 0 radical (unpaired) electrons. The van der Waals surface area contributed by atoms with Crippen molar-refractivity contribution < 1.29 is 23.4 Å². The molecule has 0 spiro atoms. The Balaban J connectivity index is 1.78. The van der Waals surface area contributed by atoms with Crippen LogP contribution in [-0.4, -0.2) is 44.3 Å². The summed E-state index contributed by atoms with van der Waals surface area (Å²) < 4.78 is 30.8. The lowest BCUT2D eigenvalue weighted by atomic mass is 9.87. The summed E-state index contributed by atoms with van der Waals surface area (Å²) in [6.45, 7) is 5.37. The van der Waals surface area contributed by atoms with Crippen LogP contribution in [0, 0.1) is 16.5 Å². The zero-order chi connectivity index (χ0) is 21.8. The summed E-state index contributed by atoms with van der Waals surface area (Å²) in [5.74, 6) is -4.53. The van der Waals surface area contributed by atoms with Crippen molar-refractivity contribution in [3.05, 3.63) is 40.7 Å². The number of carbonyl (C=O) groups is 1. The fourth-order valence-corrected chi connectivity index (χ4v) is 4.51. The lowest BCUT2D eigenvalue weighted by molar-refractivity contribution is -0.605. The highest BCUT2D eigenvalue weighted by atomic mass is 19.3. The van der Waals surface area contributed by atoms with Crippen molar-refractivity contribution in [3.8, 4) is 5.82 Å². The number of nitrogens with one attached hydrogen (secondary N) is 1. The standard InChI is InChI=1S/C20H25F2N5O3/c1-19(2,3)14(10-28)24-18(29)16-12-8-13-11(4-5-20(13,21)22)17(12)27(25-16)15-9-26(30)7-6-23-15/h6-7,9,11,13-14,28H,4-5,8,10H2,1-3H3,(H,24,29)/t11-,13-,14?/m1/s1. The molecule has 0 aromatic carbocycles. The van der Waals surface area contributed by atoms with E-state index >= 15 is 0 Å². The number of hydrogen-bond acceptors (Lipinski definition) is 5. The minimum Gasteiger partial charge on any atom is -0.619 e. The van der Waals surface area contributed by atoms with Crippen LogP contribution in [0.25, 0.3) is 5.82 Å². The van der Waals surface area contributed by atoms with Crippen molar-refractivity contribution in [1.82, 2.24) is 20.1 Å². The maximum Gasteiger partial charge on any atom is 0.272 e. The fourth-order valence-electron chi connectivity index (χ4n) is 4.51. The molecule has 1 amide bonds. The second-order valence-electron chi connectivity index (χ2n) is 9.19. The number of aliphatic hydroxyl groups excluding tert-OH is 1. The molecule has 0 aliphatic heterocycles. The minimum atomic E-state index is -2.82. The number of alkyl halides is 2. The van der Waals surface area contributed by atoms with E-state index in [1.165, 1.54) is 23.3 Å². The first-order valence-electron chi connectivity index (χ1n) is 9.99. The number of aliphatic hydroxyl groups is 1. The molecule has 2 aliphatic carbocycles. The van der Waals surface area contributed by atoms with E-state index in [-0.39, 0.29) is 37.4 Å². The molecule has 4 rings (SSSR count). The Kier molecular flexibility index (Phi) is 4.80. The van der Waals surface area contributed by atoms with Crippen molar-refractivity contribution in [1.29, 1.82) is 0 Å². The van der Waals surface area contributed by atoms with E-state index in [0.717, 1.165) is 0 Å². The Morgan fingerprint density at radius 3 is 2.87 bits per heavy atom. The molecule has 0 saturated heterocycles. The highest BCUT2D eigenvalue weighted by Gasteiger charge is 2.56. The van der Waals surface area contributed by atoms with Crippen molar-refractivity contribution in [3.63, 3.8) is 0 Å². The third-order valence-electron chi connectivity index (χ3n) is 6.24. The monoisotopic (exact) mass is 421 g/mol. The van der Waals surface area contributed by atoms with Crippen LogP contribution in [-0.2, 0) is 6.42 Å². The SMILES string of the molecule is CC(C)(C)C(CO)NC(=O)c1nn(-c2c[n+]([O-])ccn2)c2c1C[C@@H]1[C@H]2CCC1(F)F. The van der Waals surface area contributed by atoms with Gasteiger partial charge >= 0.3 is 0 Å². The first-order valence-corrected chi connectivity index (χ1v) is 9.99. The molecule has 1 fully saturated rings. The Labute approximate surface area is 172 Å². The second kappa shape index (κ2) is 6.97. The van der Waals surface area contributed by atoms with Gasteiger partial charge in [-0.3, -0.25) is 4.79 Å². The van der Waals surface area contributed by atoms with Gasteiger partial charge in [0.15, 0.2) is 11.9 Å². The molecule has 2 heterocycles. The Bertz CT molecular complexity index is 985. The van der Waals surface area contributed by atoms with Crippen molar-refractivity contribution >= 4 is 5.91 Å². The molecule has 162 valence electrons. The quantitative estimate of drug-likeness (QED) is 0.578. The topological polar surface area (TPSA) is 107 Å². The van der Waals surface area contributed by atoms with Gasteiger partial charge in [0.1, 0.15) is 0 Å². The predicted octanol–water partition coefficient (Wildman–Crippen LogP) is 1.72. The zero-order valence-corrected chi connectivity index (χ0v) is 17.1. The van der Waals surface area contributed by atoms with E-state index in [9.17, 15) is 23.9 Å². The van der Waals surface area contributed by atoms with Gasteiger partial charge in [0, 0.05) is 23.8 Å². The highest BCUT2D eigenvalue weighted by molar-refractivity contribution is 5.94. The summed E-state index contributed by atoms with van der Waals surface area (Å²) in [4.78, 5) is 17.2. The lowest BCUT2D eigenvalue weighted by Gasteiger charge is -2.29. The van der Waals surface area contributed by atoms with Gasteiger partial charge in [0.25, 0.3) is 11.8 Å². The van der Waals surface area contributed by atoms with Gasteiger partial charge in [-0.05, 0) is 18.3 Å². The van der Waals surface area contributed by atoms with E-state index in [4.69, 9.17) is 0 Å². The summed E-state index contributed by atoms with van der Waals surface area (Å²) >= 11 is 0. The van der Waals surface area contributed by atoms with Gasteiger partial charge in [-0.1, -0.05) is 20.8 Å². The van der Waals surface area contributed by atoms with Gasteiger partial charge in [-0.2, -0.15) is 9.83 Å². The number of aromatic nitrogens is 4. The Morgan fingerprint density at radius 1 is 1.50 bits per heavy atom. The van der Waals surface area contributed by atoms with Crippen molar-refractivity contribution in [2.24, 2.45) is 11.3 Å². The van der Waals surface area contributed by atoms with Crippen molar-refractivity contribution in [2.75, 3.05) is 6.61 Å². The third-order valence-corrected chi connectivity index (χ3v) is 6.24. The van der Waals surface area contributed by atoms with Crippen LogP contribution in [0.15, 0.2) is 18.6 Å². The average Bonchev–Trinajstić information content (AvgIpc) is 3.29. The maximum absolute atomic E-state index is 14.5. The number of halogens is 2. The molecule has 1 unspecified atom stereocenters. The van der Waals surface area contributed by atoms with Crippen LogP contribution >= 0.6 is 0 Å². The number of rotatable bonds is 4. The number of amides is 1. The molecular weight excluding hydrogens is 396 g/mol. The van der Waals surface area contributed by atoms with Gasteiger partial charge in [-0.25, -0.2) is 18.4 Å². The Hall–Kier alpha value is -2.62.